The van der Waals surface area contributed by atoms with Gasteiger partial charge in [0.1, 0.15) is 18.2 Å². The summed E-state index contributed by atoms with van der Waals surface area (Å²) in [6.45, 7) is 2.78. The fraction of sp³-hybridized carbons (Fsp3) is 0.211. The fourth-order valence-corrected chi connectivity index (χ4v) is 3.81. The third-order valence-electron chi connectivity index (χ3n) is 3.82. The van der Waals surface area contributed by atoms with Crippen LogP contribution in [0, 0.1) is 11.6 Å². The number of para-hydroxylation sites is 1. The van der Waals surface area contributed by atoms with Crippen LogP contribution < -0.4 is 10.1 Å². The molecule has 10 heteroatoms. The first-order valence-electron chi connectivity index (χ1n) is 8.65. The van der Waals surface area contributed by atoms with Gasteiger partial charge in [0.15, 0.2) is 16.8 Å². The number of nitrogens with zero attached hydrogens (tertiary/aromatic N) is 3. The zero-order valence-corrected chi connectivity index (χ0v) is 17.8. The first-order chi connectivity index (χ1) is 14.0. The van der Waals surface area contributed by atoms with Crippen molar-refractivity contribution in [2.75, 3.05) is 11.1 Å². The molecule has 0 saturated heterocycles. The number of halogens is 3. The number of amides is 1. The summed E-state index contributed by atoms with van der Waals surface area (Å²) >= 11 is 4.21. The van der Waals surface area contributed by atoms with E-state index in [0.29, 0.717) is 23.6 Å². The number of anilines is 1. The number of carbonyl (C=O) groups is 1. The second-order valence-corrected chi connectivity index (χ2v) is 7.62. The van der Waals surface area contributed by atoms with E-state index in [1.54, 1.807) is 0 Å². The molecule has 1 N–H and O–H groups in total. The largest absolute Gasteiger partial charge is 0.486 e. The summed E-state index contributed by atoms with van der Waals surface area (Å²) in [5.41, 5.74) is -0.106. The molecule has 3 aromatic rings. The number of carbonyl (C=O) groups excluding carboxylic acids is 1. The molecule has 1 amide bonds. The average molecular weight is 483 g/mol. The van der Waals surface area contributed by atoms with Gasteiger partial charge in [0.2, 0.25) is 5.91 Å². The van der Waals surface area contributed by atoms with E-state index in [-0.39, 0.29) is 22.5 Å². The van der Waals surface area contributed by atoms with Crippen molar-refractivity contribution in [3.8, 4) is 5.75 Å². The minimum atomic E-state index is -0.854. The minimum absolute atomic E-state index is 0.0130. The van der Waals surface area contributed by atoms with Crippen molar-refractivity contribution in [1.82, 2.24) is 14.8 Å². The van der Waals surface area contributed by atoms with E-state index in [2.05, 4.69) is 31.4 Å². The summed E-state index contributed by atoms with van der Waals surface area (Å²) in [7, 11) is 0. The van der Waals surface area contributed by atoms with Crippen LogP contribution in [0.4, 0.5) is 14.5 Å². The zero-order chi connectivity index (χ0) is 20.8. The van der Waals surface area contributed by atoms with E-state index >= 15 is 0 Å². The van der Waals surface area contributed by atoms with E-state index in [1.165, 1.54) is 11.8 Å². The van der Waals surface area contributed by atoms with Gasteiger partial charge < -0.3 is 14.6 Å². The Kier molecular flexibility index (Phi) is 7.21. The van der Waals surface area contributed by atoms with Crippen LogP contribution in [0.15, 0.2) is 52.1 Å². The maximum absolute atomic E-state index is 13.8. The Balaban J connectivity index is 1.60. The Morgan fingerprint density at radius 3 is 2.69 bits per heavy atom. The van der Waals surface area contributed by atoms with Crippen molar-refractivity contribution >= 4 is 39.3 Å². The maximum Gasteiger partial charge on any atom is 0.234 e. The predicted molar refractivity (Wildman–Crippen MR) is 110 cm³/mol. The fourth-order valence-electron chi connectivity index (χ4n) is 2.48. The third-order valence-corrected chi connectivity index (χ3v) is 5.42. The van der Waals surface area contributed by atoms with Crippen molar-refractivity contribution in [2.45, 2.75) is 25.2 Å². The molecule has 29 heavy (non-hydrogen) atoms. The highest BCUT2D eigenvalue weighted by Gasteiger charge is 2.16. The quantitative estimate of drug-likeness (QED) is 0.473. The molecule has 0 bridgehead atoms. The van der Waals surface area contributed by atoms with Gasteiger partial charge in [-0.25, -0.2) is 8.78 Å². The van der Waals surface area contributed by atoms with Gasteiger partial charge in [0.25, 0.3) is 0 Å². The number of benzene rings is 2. The van der Waals surface area contributed by atoms with E-state index in [9.17, 15) is 13.6 Å². The molecule has 0 unspecified atom stereocenters. The van der Waals surface area contributed by atoms with Crippen molar-refractivity contribution in [2.24, 2.45) is 0 Å². The number of thioether (sulfide) groups is 1. The minimum Gasteiger partial charge on any atom is -0.486 e. The Morgan fingerprint density at radius 2 is 2.00 bits per heavy atom. The highest BCUT2D eigenvalue weighted by atomic mass is 79.9. The number of aromatic nitrogens is 3. The number of hydrogen-bond donors (Lipinski definition) is 1. The molecule has 152 valence electrons. The lowest BCUT2D eigenvalue weighted by atomic mass is 10.3. The zero-order valence-electron chi connectivity index (χ0n) is 15.4. The standard InChI is InChI=1S/C19H17BrF2N4O2S/c1-2-26-16(10-28-13-6-4-3-5-7-13)24-25-19(26)29-11-17(27)23-18-14(20)8-12(21)9-15(18)22/h3-9H,2,10-11H2,1H3,(H,23,27). The molecule has 3 rings (SSSR count). The highest BCUT2D eigenvalue weighted by Crippen LogP contribution is 2.27. The van der Waals surface area contributed by atoms with Crippen LogP contribution in [0.3, 0.4) is 0 Å². The molecule has 0 spiro atoms. The Hall–Kier alpha value is -2.46. The Bertz CT molecular complexity index is 978. The van der Waals surface area contributed by atoms with Crippen molar-refractivity contribution in [1.29, 1.82) is 0 Å². The lowest BCUT2D eigenvalue weighted by Gasteiger charge is -2.10. The van der Waals surface area contributed by atoms with E-state index in [4.69, 9.17) is 4.74 Å². The molecule has 1 aromatic heterocycles. The second kappa shape index (κ2) is 9.84. The van der Waals surface area contributed by atoms with Crippen LogP contribution in [-0.4, -0.2) is 26.4 Å². The van der Waals surface area contributed by atoms with Crippen LogP contribution in [0.2, 0.25) is 0 Å². The van der Waals surface area contributed by atoms with Gasteiger partial charge in [-0.1, -0.05) is 30.0 Å². The van der Waals surface area contributed by atoms with E-state index < -0.39 is 17.5 Å². The summed E-state index contributed by atoms with van der Waals surface area (Å²) in [6, 6.07) is 11.1. The van der Waals surface area contributed by atoms with Gasteiger partial charge in [0.05, 0.1) is 11.4 Å². The summed E-state index contributed by atoms with van der Waals surface area (Å²) < 4.78 is 34.7. The topological polar surface area (TPSA) is 69.0 Å². The molecular formula is C19H17BrF2N4O2S. The lowest BCUT2D eigenvalue weighted by molar-refractivity contribution is -0.113. The lowest BCUT2D eigenvalue weighted by Crippen LogP contribution is -2.16. The molecule has 0 saturated carbocycles. The van der Waals surface area contributed by atoms with Gasteiger partial charge in [-0.3, -0.25) is 4.79 Å². The molecule has 0 fully saturated rings. The SMILES string of the molecule is CCn1c(COc2ccccc2)nnc1SCC(=O)Nc1c(F)cc(F)cc1Br. The number of hydrogen-bond acceptors (Lipinski definition) is 5. The maximum atomic E-state index is 13.8. The van der Waals surface area contributed by atoms with Crippen molar-refractivity contribution in [3.05, 3.63) is 64.4 Å². The molecule has 0 radical (unpaired) electrons. The van der Waals surface area contributed by atoms with Crippen molar-refractivity contribution in [3.63, 3.8) is 0 Å². The molecule has 0 aliphatic rings. The molecule has 1 heterocycles. The molecule has 6 nitrogen and oxygen atoms in total. The Labute approximate surface area is 178 Å². The molecule has 0 aliphatic heterocycles. The van der Waals surface area contributed by atoms with Crippen LogP contribution in [0.1, 0.15) is 12.7 Å². The smallest absolute Gasteiger partial charge is 0.234 e. The molecule has 0 atom stereocenters. The molecular weight excluding hydrogens is 466 g/mol. The van der Waals surface area contributed by atoms with Crippen molar-refractivity contribution < 1.29 is 18.3 Å². The van der Waals surface area contributed by atoms with Crippen LogP contribution >= 0.6 is 27.7 Å². The number of rotatable bonds is 8. The van der Waals surface area contributed by atoms with Gasteiger partial charge >= 0.3 is 0 Å². The van der Waals surface area contributed by atoms with Gasteiger partial charge in [-0.15, -0.1) is 10.2 Å². The summed E-state index contributed by atoms with van der Waals surface area (Å²) in [6.07, 6.45) is 0. The van der Waals surface area contributed by atoms with E-state index in [1.807, 2.05) is 41.8 Å². The van der Waals surface area contributed by atoms with Gasteiger partial charge in [-0.2, -0.15) is 0 Å². The molecule has 2 aromatic carbocycles. The first-order valence-corrected chi connectivity index (χ1v) is 10.4. The average Bonchev–Trinajstić information content (AvgIpc) is 3.10. The first kappa shape index (κ1) is 21.3. The summed E-state index contributed by atoms with van der Waals surface area (Å²) in [5.74, 6) is -0.699. The highest BCUT2D eigenvalue weighted by molar-refractivity contribution is 9.10. The summed E-state index contributed by atoms with van der Waals surface area (Å²) in [5, 5.41) is 11.2. The second-order valence-electron chi connectivity index (χ2n) is 5.83. The predicted octanol–water partition coefficient (Wildman–Crippen LogP) is 4.65. The van der Waals surface area contributed by atoms with E-state index in [0.717, 1.165) is 11.8 Å². The van der Waals surface area contributed by atoms with Crippen LogP contribution in [0.25, 0.3) is 0 Å². The van der Waals surface area contributed by atoms with Gasteiger partial charge in [0, 0.05) is 17.1 Å². The van der Waals surface area contributed by atoms with Crippen LogP contribution in [0.5, 0.6) is 5.75 Å². The third kappa shape index (κ3) is 5.54. The number of nitrogens with one attached hydrogen (secondary N) is 1. The summed E-state index contributed by atoms with van der Waals surface area (Å²) in [4.78, 5) is 12.2. The molecule has 0 aliphatic carbocycles. The normalized spacial score (nSPS) is 10.8. The Morgan fingerprint density at radius 1 is 1.24 bits per heavy atom. The van der Waals surface area contributed by atoms with Gasteiger partial charge in [-0.05, 0) is 41.1 Å². The number of ether oxygens (including phenoxy) is 1. The monoisotopic (exact) mass is 482 g/mol. The van der Waals surface area contributed by atoms with Crippen LogP contribution in [-0.2, 0) is 17.9 Å².